The third-order valence-corrected chi connectivity index (χ3v) is 2.77. The molecule has 1 aromatic rings. The first kappa shape index (κ1) is 17.0. The maximum atomic E-state index is 11.7. The van der Waals surface area contributed by atoms with Crippen molar-refractivity contribution in [2.75, 3.05) is 13.2 Å². The Kier molecular flexibility index (Phi) is 7.89. The summed E-state index contributed by atoms with van der Waals surface area (Å²) in [6, 6.07) is 8.37. The molecule has 0 heterocycles. The van der Waals surface area contributed by atoms with Crippen molar-refractivity contribution in [3.63, 3.8) is 0 Å². The lowest BCUT2D eigenvalue weighted by Gasteiger charge is -2.15. The number of unbranched alkanes of at least 4 members (excludes halogenated alkanes) is 1. The molecule has 0 aliphatic rings. The fraction of sp³-hybridized carbons (Fsp3) is 0.467. The van der Waals surface area contributed by atoms with Crippen molar-refractivity contribution in [1.82, 2.24) is 5.32 Å². The van der Waals surface area contributed by atoms with Crippen LogP contribution in [0.15, 0.2) is 30.3 Å². The molecule has 0 spiro atoms. The molecule has 6 heteroatoms. The number of alkyl carbamates (subject to hydrolysis) is 1. The number of hydrogen-bond donors (Lipinski definition) is 2. The molecule has 0 aromatic heterocycles. The zero-order valence-corrected chi connectivity index (χ0v) is 12.2. The first-order valence-corrected chi connectivity index (χ1v) is 7.01. The smallest absolute Gasteiger partial charge is 0.408 e. The van der Waals surface area contributed by atoms with Crippen LogP contribution in [-0.2, 0) is 20.9 Å². The van der Waals surface area contributed by atoms with Crippen LogP contribution in [0, 0.1) is 0 Å². The number of hydrogen-bond acceptors (Lipinski definition) is 5. The summed E-state index contributed by atoms with van der Waals surface area (Å²) < 4.78 is 10.0. The number of rotatable bonds is 8. The van der Waals surface area contributed by atoms with Crippen molar-refractivity contribution >= 4 is 12.1 Å². The van der Waals surface area contributed by atoms with E-state index in [-0.39, 0.29) is 13.2 Å². The van der Waals surface area contributed by atoms with Gasteiger partial charge in [0.2, 0.25) is 0 Å². The van der Waals surface area contributed by atoms with Crippen molar-refractivity contribution < 1.29 is 19.1 Å². The normalized spacial score (nSPS) is 11.5. The average molecular weight is 294 g/mol. The lowest BCUT2D eigenvalue weighted by Crippen LogP contribution is -2.46. The standard InChI is InChI=1S/C15H22N2O4/c1-2-3-9-20-14(18)13(10-16)17-15(19)21-11-12-7-5-4-6-8-12/h4-8,13H,2-3,9-11,16H2,1H3,(H,17,19). The van der Waals surface area contributed by atoms with Gasteiger partial charge >= 0.3 is 12.1 Å². The zero-order chi connectivity index (χ0) is 15.5. The summed E-state index contributed by atoms with van der Waals surface area (Å²) in [7, 11) is 0. The van der Waals surface area contributed by atoms with Crippen molar-refractivity contribution in [2.45, 2.75) is 32.4 Å². The van der Waals surface area contributed by atoms with Crippen LogP contribution in [0.1, 0.15) is 25.3 Å². The number of nitrogens with one attached hydrogen (secondary N) is 1. The van der Waals surface area contributed by atoms with Gasteiger partial charge in [0.05, 0.1) is 6.61 Å². The molecule has 6 nitrogen and oxygen atoms in total. The van der Waals surface area contributed by atoms with E-state index in [1.807, 2.05) is 37.3 Å². The molecule has 21 heavy (non-hydrogen) atoms. The summed E-state index contributed by atoms with van der Waals surface area (Å²) in [5.41, 5.74) is 6.33. The molecule has 1 aromatic carbocycles. The molecule has 0 saturated carbocycles. The first-order chi connectivity index (χ1) is 10.2. The highest BCUT2D eigenvalue weighted by Crippen LogP contribution is 2.01. The van der Waals surface area contributed by atoms with Crippen LogP contribution in [0.3, 0.4) is 0 Å². The minimum Gasteiger partial charge on any atom is -0.464 e. The number of amides is 1. The topological polar surface area (TPSA) is 90.6 Å². The molecule has 0 radical (unpaired) electrons. The second-order valence-corrected chi connectivity index (χ2v) is 4.52. The first-order valence-electron chi connectivity index (χ1n) is 7.01. The van der Waals surface area contributed by atoms with Gasteiger partial charge in [-0.05, 0) is 12.0 Å². The number of benzene rings is 1. The lowest BCUT2D eigenvalue weighted by atomic mass is 10.2. The van der Waals surface area contributed by atoms with E-state index in [2.05, 4.69) is 5.32 Å². The van der Waals surface area contributed by atoms with Crippen LogP contribution in [0.25, 0.3) is 0 Å². The van der Waals surface area contributed by atoms with Gasteiger partial charge in [-0.25, -0.2) is 9.59 Å². The average Bonchev–Trinajstić information content (AvgIpc) is 2.51. The SMILES string of the molecule is CCCCOC(=O)C(CN)NC(=O)OCc1ccccc1. The quantitative estimate of drug-likeness (QED) is 0.561. The summed E-state index contributed by atoms with van der Waals surface area (Å²) in [4.78, 5) is 23.3. The van der Waals surface area contributed by atoms with Crippen LogP contribution in [0.5, 0.6) is 0 Å². The summed E-state index contributed by atoms with van der Waals surface area (Å²) >= 11 is 0. The summed E-state index contributed by atoms with van der Waals surface area (Å²) in [5.74, 6) is -0.539. The van der Waals surface area contributed by atoms with E-state index < -0.39 is 18.1 Å². The maximum Gasteiger partial charge on any atom is 0.408 e. The van der Waals surface area contributed by atoms with Gasteiger partial charge in [0, 0.05) is 6.54 Å². The fourth-order valence-corrected chi connectivity index (χ4v) is 1.54. The van der Waals surface area contributed by atoms with Gasteiger partial charge in [-0.1, -0.05) is 43.7 Å². The second-order valence-electron chi connectivity index (χ2n) is 4.52. The Labute approximate surface area is 124 Å². The Balaban J connectivity index is 2.34. The molecule has 0 fully saturated rings. The molecule has 0 aliphatic carbocycles. The number of carbonyl (C=O) groups is 2. The highest BCUT2D eigenvalue weighted by Gasteiger charge is 2.21. The van der Waals surface area contributed by atoms with Crippen LogP contribution in [0.2, 0.25) is 0 Å². The van der Waals surface area contributed by atoms with Gasteiger partial charge in [-0.2, -0.15) is 0 Å². The predicted octanol–water partition coefficient (Wildman–Crippen LogP) is 1.58. The summed E-state index contributed by atoms with van der Waals surface area (Å²) in [5, 5.41) is 2.40. The van der Waals surface area contributed by atoms with Gasteiger partial charge in [0.25, 0.3) is 0 Å². The molecular formula is C15H22N2O4. The summed E-state index contributed by atoms with van der Waals surface area (Å²) in [6.45, 7) is 2.42. The van der Waals surface area contributed by atoms with E-state index in [1.54, 1.807) is 0 Å². The van der Waals surface area contributed by atoms with Crippen molar-refractivity contribution in [3.05, 3.63) is 35.9 Å². The van der Waals surface area contributed by atoms with Crippen LogP contribution in [-0.4, -0.2) is 31.3 Å². The highest BCUT2D eigenvalue weighted by molar-refractivity contribution is 5.81. The van der Waals surface area contributed by atoms with Crippen LogP contribution < -0.4 is 11.1 Å². The molecule has 3 N–H and O–H groups in total. The maximum absolute atomic E-state index is 11.7. The molecular weight excluding hydrogens is 272 g/mol. The van der Waals surface area contributed by atoms with Gasteiger partial charge in [0.1, 0.15) is 12.6 Å². The van der Waals surface area contributed by atoms with E-state index in [4.69, 9.17) is 15.2 Å². The fourth-order valence-electron chi connectivity index (χ4n) is 1.54. The molecule has 1 rings (SSSR count). The minimum atomic E-state index is -0.884. The molecule has 1 amide bonds. The second kappa shape index (κ2) is 9.77. The van der Waals surface area contributed by atoms with E-state index >= 15 is 0 Å². The third-order valence-electron chi connectivity index (χ3n) is 2.77. The monoisotopic (exact) mass is 294 g/mol. The predicted molar refractivity (Wildman–Crippen MR) is 78.5 cm³/mol. The Morgan fingerprint density at radius 1 is 1.24 bits per heavy atom. The Morgan fingerprint density at radius 3 is 2.57 bits per heavy atom. The van der Waals surface area contributed by atoms with Gasteiger partial charge in [-0.15, -0.1) is 0 Å². The summed E-state index contributed by atoms with van der Waals surface area (Å²) in [6.07, 6.45) is 1.01. The van der Waals surface area contributed by atoms with E-state index in [1.165, 1.54) is 0 Å². The number of carbonyl (C=O) groups excluding carboxylic acids is 2. The van der Waals surface area contributed by atoms with E-state index in [0.717, 1.165) is 18.4 Å². The molecule has 116 valence electrons. The number of nitrogens with two attached hydrogens (primary N) is 1. The molecule has 0 bridgehead atoms. The Hall–Kier alpha value is -2.08. The van der Waals surface area contributed by atoms with Gasteiger partial charge < -0.3 is 20.5 Å². The molecule has 1 atom stereocenters. The van der Waals surface area contributed by atoms with Crippen LogP contribution in [0.4, 0.5) is 4.79 Å². The van der Waals surface area contributed by atoms with Gasteiger partial charge in [0.15, 0.2) is 0 Å². The molecule has 0 saturated heterocycles. The Bertz CT molecular complexity index is 437. The van der Waals surface area contributed by atoms with Crippen molar-refractivity contribution in [1.29, 1.82) is 0 Å². The largest absolute Gasteiger partial charge is 0.464 e. The lowest BCUT2D eigenvalue weighted by molar-refractivity contribution is -0.145. The molecule has 1 unspecified atom stereocenters. The van der Waals surface area contributed by atoms with E-state index in [0.29, 0.717) is 6.61 Å². The van der Waals surface area contributed by atoms with Crippen molar-refractivity contribution in [2.24, 2.45) is 5.73 Å². The molecule has 0 aliphatic heterocycles. The van der Waals surface area contributed by atoms with Gasteiger partial charge in [-0.3, -0.25) is 0 Å². The highest BCUT2D eigenvalue weighted by atomic mass is 16.6. The zero-order valence-electron chi connectivity index (χ0n) is 12.2. The Morgan fingerprint density at radius 2 is 1.95 bits per heavy atom. The number of esters is 1. The van der Waals surface area contributed by atoms with Crippen molar-refractivity contribution in [3.8, 4) is 0 Å². The third kappa shape index (κ3) is 6.76. The van der Waals surface area contributed by atoms with Crippen LogP contribution >= 0.6 is 0 Å². The number of ether oxygens (including phenoxy) is 2. The minimum absolute atomic E-state index is 0.0363. The van der Waals surface area contributed by atoms with E-state index in [9.17, 15) is 9.59 Å².